The summed E-state index contributed by atoms with van der Waals surface area (Å²) < 4.78 is 18.3. The van der Waals surface area contributed by atoms with E-state index in [1.807, 2.05) is 0 Å². The normalized spacial score (nSPS) is 10.3. The molecular formula is C11H9ClFN3O. The maximum Gasteiger partial charge on any atom is 0.247 e. The quantitative estimate of drug-likeness (QED) is 0.836. The molecule has 0 saturated heterocycles. The van der Waals surface area contributed by atoms with Crippen molar-refractivity contribution in [3.63, 3.8) is 0 Å². The van der Waals surface area contributed by atoms with Crippen LogP contribution in [0.5, 0.6) is 11.6 Å². The van der Waals surface area contributed by atoms with Gasteiger partial charge in [0.2, 0.25) is 5.88 Å². The van der Waals surface area contributed by atoms with Gasteiger partial charge < -0.3 is 10.5 Å². The van der Waals surface area contributed by atoms with Crippen LogP contribution in [-0.4, -0.2) is 9.97 Å². The van der Waals surface area contributed by atoms with Gasteiger partial charge in [0, 0.05) is 6.07 Å². The maximum atomic E-state index is 13.0. The summed E-state index contributed by atoms with van der Waals surface area (Å²) in [5, 5.41) is 0.115. The Balaban J connectivity index is 2.36. The van der Waals surface area contributed by atoms with Gasteiger partial charge in [-0.1, -0.05) is 17.7 Å². The standard InChI is InChI=1S/C11H9ClFN3O/c1-6-15-10(12)9(14)11(16-6)17-8-4-2-3-7(13)5-8/h2-5H,14H2,1H3. The van der Waals surface area contributed by atoms with Crippen LogP contribution < -0.4 is 10.5 Å². The molecule has 0 spiro atoms. The molecule has 0 saturated carbocycles. The molecule has 4 nitrogen and oxygen atoms in total. The smallest absolute Gasteiger partial charge is 0.247 e. The van der Waals surface area contributed by atoms with Gasteiger partial charge in [0.05, 0.1) is 0 Å². The lowest BCUT2D eigenvalue weighted by Crippen LogP contribution is -2.00. The Morgan fingerprint density at radius 2 is 2.12 bits per heavy atom. The molecule has 6 heteroatoms. The van der Waals surface area contributed by atoms with E-state index in [0.29, 0.717) is 11.6 Å². The van der Waals surface area contributed by atoms with Crippen LogP contribution in [0, 0.1) is 12.7 Å². The third kappa shape index (κ3) is 2.62. The number of hydrogen-bond acceptors (Lipinski definition) is 4. The lowest BCUT2D eigenvalue weighted by molar-refractivity contribution is 0.458. The van der Waals surface area contributed by atoms with Crippen LogP contribution in [0.4, 0.5) is 10.1 Å². The van der Waals surface area contributed by atoms with Crippen LogP contribution >= 0.6 is 11.6 Å². The fourth-order valence-electron chi connectivity index (χ4n) is 1.24. The highest BCUT2D eigenvalue weighted by Gasteiger charge is 2.10. The van der Waals surface area contributed by atoms with Gasteiger partial charge >= 0.3 is 0 Å². The second-order valence-electron chi connectivity index (χ2n) is 3.34. The van der Waals surface area contributed by atoms with E-state index in [1.54, 1.807) is 13.0 Å². The van der Waals surface area contributed by atoms with Crippen LogP contribution in [0.2, 0.25) is 5.15 Å². The average Bonchev–Trinajstić information content (AvgIpc) is 2.25. The number of halogens is 2. The lowest BCUT2D eigenvalue weighted by atomic mass is 10.3. The van der Waals surface area contributed by atoms with Crippen molar-refractivity contribution >= 4 is 17.3 Å². The molecule has 2 N–H and O–H groups in total. The molecule has 0 amide bonds. The third-order valence-electron chi connectivity index (χ3n) is 1.99. The van der Waals surface area contributed by atoms with Gasteiger partial charge in [-0.3, -0.25) is 0 Å². The number of nitrogen functional groups attached to an aromatic ring is 1. The molecule has 0 aliphatic carbocycles. The van der Waals surface area contributed by atoms with Crippen molar-refractivity contribution in [2.24, 2.45) is 0 Å². The minimum absolute atomic E-state index is 0.115. The fourth-order valence-corrected chi connectivity index (χ4v) is 1.45. The number of rotatable bonds is 2. The zero-order valence-electron chi connectivity index (χ0n) is 8.95. The van der Waals surface area contributed by atoms with Crippen LogP contribution in [0.1, 0.15) is 5.82 Å². The predicted octanol–water partition coefficient (Wildman–Crippen LogP) is 2.95. The first-order valence-corrected chi connectivity index (χ1v) is 5.17. The highest BCUT2D eigenvalue weighted by atomic mass is 35.5. The minimum atomic E-state index is -0.405. The molecule has 0 aliphatic heterocycles. The van der Waals surface area contributed by atoms with E-state index < -0.39 is 5.82 Å². The van der Waals surface area contributed by atoms with E-state index in [9.17, 15) is 4.39 Å². The van der Waals surface area contributed by atoms with E-state index >= 15 is 0 Å². The second kappa shape index (κ2) is 4.55. The Kier molecular flexibility index (Phi) is 3.10. The molecule has 88 valence electrons. The van der Waals surface area contributed by atoms with Crippen LogP contribution in [0.15, 0.2) is 24.3 Å². The molecule has 1 aromatic heterocycles. The lowest BCUT2D eigenvalue weighted by Gasteiger charge is -2.08. The zero-order chi connectivity index (χ0) is 12.4. The van der Waals surface area contributed by atoms with Crippen LogP contribution in [-0.2, 0) is 0 Å². The maximum absolute atomic E-state index is 13.0. The van der Waals surface area contributed by atoms with E-state index in [-0.39, 0.29) is 16.7 Å². The number of hydrogen-bond donors (Lipinski definition) is 1. The third-order valence-corrected chi connectivity index (χ3v) is 2.27. The largest absolute Gasteiger partial charge is 0.437 e. The summed E-state index contributed by atoms with van der Waals surface area (Å²) in [5.41, 5.74) is 5.79. The molecular weight excluding hydrogens is 245 g/mol. The summed E-state index contributed by atoms with van der Waals surface area (Å²) >= 11 is 5.79. The first-order valence-electron chi connectivity index (χ1n) is 4.79. The molecule has 17 heavy (non-hydrogen) atoms. The van der Waals surface area contributed by atoms with Crippen molar-refractivity contribution in [1.82, 2.24) is 9.97 Å². The molecule has 0 atom stereocenters. The van der Waals surface area contributed by atoms with Gasteiger partial charge in [0.15, 0.2) is 5.15 Å². The van der Waals surface area contributed by atoms with Crippen molar-refractivity contribution in [2.45, 2.75) is 6.92 Å². The van der Waals surface area contributed by atoms with Gasteiger partial charge in [0.1, 0.15) is 23.1 Å². The first-order chi connectivity index (χ1) is 8.06. The van der Waals surface area contributed by atoms with Crippen LogP contribution in [0.3, 0.4) is 0 Å². The molecule has 0 radical (unpaired) electrons. The molecule has 0 aliphatic rings. The first kappa shape index (κ1) is 11.6. The summed E-state index contributed by atoms with van der Waals surface area (Å²) in [6.45, 7) is 1.66. The Bertz CT molecular complexity index is 562. The second-order valence-corrected chi connectivity index (χ2v) is 3.70. The van der Waals surface area contributed by atoms with Crippen molar-refractivity contribution in [3.05, 3.63) is 41.1 Å². The molecule has 0 fully saturated rings. The predicted molar refractivity (Wildman–Crippen MR) is 62.7 cm³/mol. The van der Waals surface area contributed by atoms with E-state index in [0.717, 1.165) is 0 Å². The molecule has 2 rings (SSSR count). The van der Waals surface area contributed by atoms with Crippen molar-refractivity contribution in [1.29, 1.82) is 0 Å². The highest BCUT2D eigenvalue weighted by molar-refractivity contribution is 6.32. The van der Waals surface area contributed by atoms with E-state index in [2.05, 4.69) is 9.97 Å². The number of anilines is 1. The van der Waals surface area contributed by atoms with E-state index in [1.165, 1.54) is 18.2 Å². The molecule has 0 unspecified atom stereocenters. The Morgan fingerprint density at radius 1 is 1.35 bits per heavy atom. The van der Waals surface area contributed by atoms with Crippen LogP contribution in [0.25, 0.3) is 0 Å². The Labute approximate surface area is 102 Å². The van der Waals surface area contributed by atoms with Gasteiger partial charge in [-0.2, -0.15) is 4.98 Å². The van der Waals surface area contributed by atoms with Crippen molar-refractivity contribution in [2.75, 3.05) is 5.73 Å². The molecule has 1 heterocycles. The number of aryl methyl sites for hydroxylation is 1. The zero-order valence-corrected chi connectivity index (χ0v) is 9.70. The number of aromatic nitrogens is 2. The molecule has 0 bridgehead atoms. The minimum Gasteiger partial charge on any atom is -0.437 e. The van der Waals surface area contributed by atoms with Gasteiger partial charge in [0.25, 0.3) is 0 Å². The SMILES string of the molecule is Cc1nc(Cl)c(N)c(Oc2cccc(F)c2)n1. The summed E-state index contributed by atoms with van der Waals surface area (Å²) in [5.74, 6) is 0.438. The molecule has 1 aromatic carbocycles. The summed E-state index contributed by atoms with van der Waals surface area (Å²) in [6, 6.07) is 5.66. The van der Waals surface area contributed by atoms with Crippen molar-refractivity contribution < 1.29 is 9.13 Å². The summed E-state index contributed by atoms with van der Waals surface area (Å²) in [4.78, 5) is 7.86. The van der Waals surface area contributed by atoms with E-state index in [4.69, 9.17) is 22.1 Å². The number of nitrogens with zero attached hydrogens (tertiary/aromatic N) is 2. The topological polar surface area (TPSA) is 61.0 Å². The van der Waals surface area contributed by atoms with Gasteiger partial charge in [-0.25, -0.2) is 9.37 Å². The van der Waals surface area contributed by atoms with Crippen molar-refractivity contribution in [3.8, 4) is 11.6 Å². The average molecular weight is 254 g/mol. The summed E-state index contributed by atoms with van der Waals surface area (Å²) in [6.07, 6.45) is 0. The summed E-state index contributed by atoms with van der Waals surface area (Å²) in [7, 11) is 0. The monoisotopic (exact) mass is 253 g/mol. The van der Waals surface area contributed by atoms with Gasteiger partial charge in [-0.05, 0) is 19.1 Å². The number of ether oxygens (including phenoxy) is 1. The fraction of sp³-hybridized carbons (Fsp3) is 0.0909. The molecule has 2 aromatic rings. The number of nitrogens with two attached hydrogens (primary N) is 1. The Morgan fingerprint density at radius 3 is 2.82 bits per heavy atom. The highest BCUT2D eigenvalue weighted by Crippen LogP contribution is 2.29. The Hall–Kier alpha value is -1.88. The van der Waals surface area contributed by atoms with Gasteiger partial charge in [-0.15, -0.1) is 0 Å². The number of benzene rings is 1.